The van der Waals surface area contributed by atoms with E-state index >= 15 is 0 Å². The molecule has 1 N–H and O–H groups in total. The predicted octanol–water partition coefficient (Wildman–Crippen LogP) is 1.41. The van der Waals surface area contributed by atoms with Crippen molar-refractivity contribution in [1.29, 1.82) is 0 Å². The molecule has 0 aromatic carbocycles. The average molecular weight is 235 g/mol. The summed E-state index contributed by atoms with van der Waals surface area (Å²) >= 11 is 1.18. The first-order valence-corrected chi connectivity index (χ1v) is 4.98. The second-order valence-electron chi connectivity index (χ2n) is 2.64. The van der Waals surface area contributed by atoms with E-state index in [0.717, 1.165) is 6.32 Å². The molecule has 1 amide bonds. The lowest BCUT2D eigenvalue weighted by molar-refractivity contribution is -0.167. The van der Waals surface area contributed by atoms with Crippen molar-refractivity contribution in [3.63, 3.8) is 0 Å². The highest BCUT2D eigenvalue weighted by molar-refractivity contribution is 7.19. The van der Waals surface area contributed by atoms with Crippen LogP contribution in [0.15, 0.2) is 5.38 Å². The minimum Gasteiger partial charge on any atom is -0.302 e. The molecule has 1 aromatic heterocycles. The van der Waals surface area contributed by atoms with E-state index in [1.165, 1.54) is 16.7 Å². The maximum atomic E-state index is 11.8. The standard InChI is InChI=1S/C7H7BF3N2OS/c1-2-8-6-13-4(3-15-6)12-5(14)7(9,10)11/h3H,2H2,1H3,(H,12,14). The van der Waals surface area contributed by atoms with Crippen molar-refractivity contribution in [2.45, 2.75) is 19.4 Å². The van der Waals surface area contributed by atoms with Crippen molar-refractivity contribution in [1.82, 2.24) is 4.98 Å². The Balaban J connectivity index is 2.61. The van der Waals surface area contributed by atoms with E-state index in [-0.39, 0.29) is 5.82 Å². The number of alkyl halides is 3. The van der Waals surface area contributed by atoms with E-state index in [2.05, 4.69) is 4.98 Å². The van der Waals surface area contributed by atoms with Crippen LogP contribution in [-0.4, -0.2) is 24.3 Å². The Labute approximate surface area is 88.9 Å². The van der Waals surface area contributed by atoms with E-state index in [1.807, 2.05) is 6.92 Å². The van der Waals surface area contributed by atoms with Gasteiger partial charge in [0.25, 0.3) is 0 Å². The Kier molecular flexibility index (Phi) is 3.73. The lowest BCUT2D eigenvalue weighted by Gasteiger charge is -2.04. The minimum absolute atomic E-state index is 0.0676. The van der Waals surface area contributed by atoms with Gasteiger partial charge in [0.05, 0.1) is 0 Å². The van der Waals surface area contributed by atoms with Crippen LogP contribution in [0.5, 0.6) is 0 Å². The number of halogens is 3. The highest BCUT2D eigenvalue weighted by Gasteiger charge is 2.38. The van der Waals surface area contributed by atoms with Gasteiger partial charge in [0.15, 0.2) is 7.28 Å². The van der Waals surface area contributed by atoms with Gasteiger partial charge in [0, 0.05) is 10.3 Å². The lowest BCUT2D eigenvalue weighted by Crippen LogP contribution is -2.30. The molecule has 0 bridgehead atoms. The average Bonchev–Trinajstić information content (AvgIpc) is 2.51. The first kappa shape index (κ1) is 12.0. The van der Waals surface area contributed by atoms with Crippen molar-refractivity contribution in [3.8, 4) is 0 Å². The normalized spacial score (nSPS) is 11.2. The molecule has 0 aliphatic heterocycles. The van der Waals surface area contributed by atoms with Crippen LogP contribution in [-0.2, 0) is 4.79 Å². The van der Waals surface area contributed by atoms with Gasteiger partial charge in [0.2, 0.25) is 0 Å². The molecule has 3 nitrogen and oxygen atoms in total. The second-order valence-corrected chi connectivity index (χ2v) is 3.52. The third kappa shape index (κ3) is 3.54. The quantitative estimate of drug-likeness (QED) is 0.804. The molecule has 1 rings (SSSR count). The first-order valence-electron chi connectivity index (χ1n) is 4.10. The first-order chi connectivity index (χ1) is 6.93. The zero-order chi connectivity index (χ0) is 11.5. The SMILES string of the molecule is CC[B]c1nc(NC(=O)C(F)(F)F)cs1. The van der Waals surface area contributed by atoms with Crippen LogP contribution in [0.2, 0.25) is 6.32 Å². The van der Waals surface area contributed by atoms with Crippen LogP contribution < -0.4 is 10.2 Å². The van der Waals surface area contributed by atoms with E-state index in [1.54, 1.807) is 12.6 Å². The van der Waals surface area contributed by atoms with Gasteiger partial charge < -0.3 is 5.32 Å². The molecule has 0 saturated carbocycles. The molecule has 0 aliphatic rings. The summed E-state index contributed by atoms with van der Waals surface area (Å²) in [4.78, 5) is 14.9. The number of hydrogen-bond acceptors (Lipinski definition) is 3. The van der Waals surface area contributed by atoms with Crippen LogP contribution in [0.3, 0.4) is 0 Å². The Morgan fingerprint density at radius 3 is 2.87 bits per heavy atom. The van der Waals surface area contributed by atoms with Crippen molar-refractivity contribution in [3.05, 3.63) is 5.38 Å². The fraction of sp³-hybridized carbons (Fsp3) is 0.429. The van der Waals surface area contributed by atoms with E-state index in [4.69, 9.17) is 0 Å². The number of hydrogen-bond donors (Lipinski definition) is 1. The minimum atomic E-state index is -4.88. The predicted molar refractivity (Wildman–Crippen MR) is 52.7 cm³/mol. The molecule has 0 saturated heterocycles. The van der Waals surface area contributed by atoms with E-state index in [9.17, 15) is 18.0 Å². The van der Waals surface area contributed by atoms with Gasteiger partial charge >= 0.3 is 12.1 Å². The molecule has 0 spiro atoms. The number of anilines is 1. The summed E-state index contributed by atoms with van der Waals surface area (Å²) in [5.74, 6) is -2.07. The summed E-state index contributed by atoms with van der Waals surface area (Å²) in [6.07, 6.45) is -4.14. The Bertz CT molecular complexity index is 352. The number of nitrogens with zero attached hydrogens (tertiary/aromatic N) is 1. The van der Waals surface area contributed by atoms with E-state index < -0.39 is 12.1 Å². The summed E-state index contributed by atoms with van der Waals surface area (Å²) in [6, 6.07) is 0. The molecule has 1 heterocycles. The molecule has 81 valence electrons. The fourth-order valence-corrected chi connectivity index (χ4v) is 1.56. The molecule has 0 fully saturated rings. The monoisotopic (exact) mass is 235 g/mol. The summed E-state index contributed by atoms with van der Waals surface area (Å²) in [5, 5.41) is 3.04. The van der Waals surface area contributed by atoms with E-state index in [0.29, 0.717) is 4.91 Å². The van der Waals surface area contributed by atoms with Crippen molar-refractivity contribution in [2.24, 2.45) is 0 Å². The third-order valence-electron chi connectivity index (χ3n) is 1.40. The van der Waals surface area contributed by atoms with Crippen molar-refractivity contribution in [2.75, 3.05) is 5.32 Å². The maximum absolute atomic E-state index is 11.8. The van der Waals surface area contributed by atoms with Crippen LogP contribution >= 0.6 is 11.3 Å². The van der Waals surface area contributed by atoms with Crippen LogP contribution in [0, 0.1) is 0 Å². The zero-order valence-electron chi connectivity index (χ0n) is 7.76. The molecule has 8 heteroatoms. The van der Waals surface area contributed by atoms with Crippen LogP contribution in [0.4, 0.5) is 19.0 Å². The van der Waals surface area contributed by atoms with Crippen LogP contribution in [0.1, 0.15) is 6.92 Å². The Morgan fingerprint density at radius 2 is 2.33 bits per heavy atom. The third-order valence-corrected chi connectivity index (χ3v) is 2.24. The number of aromatic nitrogens is 1. The van der Waals surface area contributed by atoms with Gasteiger partial charge in [-0.2, -0.15) is 13.2 Å². The van der Waals surface area contributed by atoms with Crippen molar-refractivity contribution >= 4 is 35.2 Å². The number of carbonyl (C=O) groups excluding carboxylic acids is 1. The number of thiazole rings is 1. The van der Waals surface area contributed by atoms with Crippen molar-refractivity contribution < 1.29 is 18.0 Å². The highest BCUT2D eigenvalue weighted by atomic mass is 32.1. The molecular weight excluding hydrogens is 228 g/mol. The number of carbonyl (C=O) groups is 1. The number of amides is 1. The Morgan fingerprint density at radius 1 is 1.67 bits per heavy atom. The lowest BCUT2D eigenvalue weighted by atomic mass is 9.77. The largest absolute Gasteiger partial charge is 0.471 e. The fourth-order valence-electron chi connectivity index (χ4n) is 0.801. The smallest absolute Gasteiger partial charge is 0.302 e. The van der Waals surface area contributed by atoms with Gasteiger partial charge in [-0.3, -0.25) is 4.79 Å². The summed E-state index contributed by atoms with van der Waals surface area (Å²) < 4.78 is 35.5. The molecule has 0 aliphatic carbocycles. The molecule has 1 radical (unpaired) electrons. The molecule has 0 atom stereocenters. The van der Waals surface area contributed by atoms with Gasteiger partial charge in [0.1, 0.15) is 5.82 Å². The summed E-state index contributed by atoms with van der Waals surface area (Å²) in [5.41, 5.74) is 0. The molecule has 1 aromatic rings. The van der Waals surface area contributed by atoms with Gasteiger partial charge in [-0.15, -0.1) is 11.3 Å². The Hall–Kier alpha value is -1.05. The molecule has 15 heavy (non-hydrogen) atoms. The van der Waals surface area contributed by atoms with Gasteiger partial charge in [-0.1, -0.05) is 13.2 Å². The molecule has 0 unspecified atom stereocenters. The number of nitrogens with one attached hydrogen (secondary N) is 1. The topological polar surface area (TPSA) is 42.0 Å². The second kappa shape index (κ2) is 4.65. The van der Waals surface area contributed by atoms with Crippen LogP contribution in [0.25, 0.3) is 0 Å². The highest BCUT2D eigenvalue weighted by Crippen LogP contribution is 2.17. The summed E-state index contributed by atoms with van der Waals surface area (Å²) in [7, 11) is 1.76. The zero-order valence-corrected chi connectivity index (χ0v) is 8.58. The van der Waals surface area contributed by atoms with Gasteiger partial charge in [-0.05, 0) is 0 Å². The van der Waals surface area contributed by atoms with Gasteiger partial charge in [-0.25, -0.2) is 4.98 Å². The molecular formula is C7H7BF3N2OS. The maximum Gasteiger partial charge on any atom is 0.471 e. The summed E-state index contributed by atoms with van der Waals surface area (Å²) in [6.45, 7) is 1.88. The number of rotatable bonds is 3.